The molecule has 0 spiro atoms. The smallest absolute Gasteiger partial charge is 0.251 e. The molecule has 1 N–H and O–H groups in total. The number of rotatable bonds is 7. The zero-order valence-corrected chi connectivity index (χ0v) is 20.1. The molecule has 0 bridgehead atoms. The summed E-state index contributed by atoms with van der Waals surface area (Å²) in [6, 6.07) is 23.2. The lowest BCUT2D eigenvalue weighted by Crippen LogP contribution is -2.53. The second-order valence-electron chi connectivity index (χ2n) is 9.10. The van der Waals surface area contributed by atoms with Crippen molar-refractivity contribution in [2.75, 3.05) is 20.3 Å². The number of carbonyl (C=O) groups excluding carboxylic acids is 3. The van der Waals surface area contributed by atoms with Gasteiger partial charge in [0.15, 0.2) is 5.78 Å². The van der Waals surface area contributed by atoms with E-state index >= 15 is 0 Å². The summed E-state index contributed by atoms with van der Waals surface area (Å²) >= 11 is 0. The van der Waals surface area contributed by atoms with Gasteiger partial charge in [-0.3, -0.25) is 14.4 Å². The third-order valence-electron chi connectivity index (χ3n) is 6.85. The fourth-order valence-corrected chi connectivity index (χ4v) is 4.93. The van der Waals surface area contributed by atoms with Crippen LogP contribution in [0.2, 0.25) is 0 Å². The molecule has 2 aliphatic heterocycles. The highest BCUT2D eigenvalue weighted by molar-refractivity contribution is 5.99. The molecule has 0 radical (unpaired) electrons. The van der Waals surface area contributed by atoms with Gasteiger partial charge in [0.2, 0.25) is 5.91 Å². The monoisotopic (exact) mass is 484 g/mol. The van der Waals surface area contributed by atoms with Crippen LogP contribution in [0.4, 0.5) is 0 Å². The summed E-state index contributed by atoms with van der Waals surface area (Å²) in [5.41, 5.74) is 3.39. The molecule has 3 aromatic rings. The van der Waals surface area contributed by atoms with Crippen LogP contribution in [-0.4, -0.2) is 60.9 Å². The fourth-order valence-electron chi connectivity index (χ4n) is 4.93. The van der Waals surface area contributed by atoms with Crippen LogP contribution in [0.15, 0.2) is 78.9 Å². The number of Topliss-reactive ketones (excluding diaryl/α,β-unsaturated/α-hetero) is 1. The Labute approximate surface area is 210 Å². The molecular formula is C29H28N2O5. The van der Waals surface area contributed by atoms with Crippen molar-refractivity contribution in [3.8, 4) is 16.9 Å². The Morgan fingerprint density at radius 1 is 1.00 bits per heavy atom. The van der Waals surface area contributed by atoms with Crippen LogP contribution in [0.3, 0.4) is 0 Å². The third-order valence-corrected chi connectivity index (χ3v) is 6.85. The maximum atomic E-state index is 13.6. The molecule has 2 aliphatic rings. The van der Waals surface area contributed by atoms with Gasteiger partial charge in [-0.2, -0.15) is 0 Å². The number of carbonyl (C=O) groups is 3. The molecule has 2 fully saturated rings. The molecule has 2 heterocycles. The van der Waals surface area contributed by atoms with Gasteiger partial charge in [-0.15, -0.1) is 0 Å². The Balaban J connectivity index is 1.36. The zero-order valence-electron chi connectivity index (χ0n) is 20.1. The first kappa shape index (κ1) is 23.8. The molecular weight excluding hydrogens is 456 g/mol. The van der Waals surface area contributed by atoms with Crippen molar-refractivity contribution in [2.24, 2.45) is 0 Å². The molecule has 0 aromatic heterocycles. The van der Waals surface area contributed by atoms with Crippen LogP contribution in [0, 0.1) is 0 Å². The highest BCUT2D eigenvalue weighted by Gasteiger charge is 2.48. The SMILES string of the molecule is COc1ccc(CC(NC(=O)c2ccc(-c3ccccc3)cc2)C(=O)N2CCC3OCC(=O)C32)cc1. The summed E-state index contributed by atoms with van der Waals surface area (Å²) < 4.78 is 10.8. The molecule has 2 saturated heterocycles. The predicted molar refractivity (Wildman–Crippen MR) is 135 cm³/mol. The Hall–Kier alpha value is -3.97. The van der Waals surface area contributed by atoms with Gasteiger partial charge < -0.3 is 19.7 Å². The lowest BCUT2D eigenvalue weighted by molar-refractivity contribution is -0.138. The molecule has 7 heteroatoms. The maximum absolute atomic E-state index is 13.6. The normalized spacial score (nSPS) is 19.6. The van der Waals surface area contributed by atoms with E-state index in [1.54, 1.807) is 24.1 Å². The molecule has 3 unspecified atom stereocenters. The molecule has 36 heavy (non-hydrogen) atoms. The van der Waals surface area contributed by atoms with Crippen LogP contribution in [0.1, 0.15) is 22.3 Å². The minimum Gasteiger partial charge on any atom is -0.497 e. The van der Waals surface area contributed by atoms with Crippen molar-refractivity contribution in [1.82, 2.24) is 10.2 Å². The van der Waals surface area contributed by atoms with E-state index < -0.39 is 12.1 Å². The van der Waals surface area contributed by atoms with E-state index in [0.717, 1.165) is 16.7 Å². The molecule has 7 nitrogen and oxygen atoms in total. The predicted octanol–water partition coefficient (Wildman–Crippen LogP) is 3.27. The zero-order chi connectivity index (χ0) is 25.1. The summed E-state index contributed by atoms with van der Waals surface area (Å²) in [6.45, 7) is 0.461. The van der Waals surface area contributed by atoms with Gasteiger partial charge in [-0.05, 0) is 47.4 Å². The Kier molecular flexibility index (Phi) is 6.82. The number of likely N-dealkylation sites (tertiary alicyclic amines) is 1. The first-order valence-electron chi connectivity index (χ1n) is 12.1. The standard InChI is InChI=1S/C29H28N2O5/c1-35-23-13-7-19(8-14-23)17-24(29(34)31-16-15-26-27(31)25(32)18-36-26)30-28(33)22-11-9-21(10-12-22)20-5-3-2-4-6-20/h2-14,24,26-27H,15-18H2,1H3,(H,30,33). The van der Waals surface area contributed by atoms with E-state index in [9.17, 15) is 14.4 Å². The van der Waals surface area contributed by atoms with E-state index in [1.807, 2.05) is 66.7 Å². The topological polar surface area (TPSA) is 84.9 Å². The first-order valence-corrected chi connectivity index (χ1v) is 12.1. The quantitative estimate of drug-likeness (QED) is 0.557. The number of nitrogens with one attached hydrogen (secondary N) is 1. The summed E-state index contributed by atoms with van der Waals surface area (Å²) in [7, 11) is 1.59. The van der Waals surface area contributed by atoms with Gasteiger partial charge in [-0.1, -0.05) is 54.6 Å². The summed E-state index contributed by atoms with van der Waals surface area (Å²) in [4.78, 5) is 40.8. The second kappa shape index (κ2) is 10.3. The molecule has 2 amide bonds. The van der Waals surface area contributed by atoms with E-state index in [-0.39, 0.29) is 30.3 Å². The number of fused-ring (bicyclic) bond motifs is 1. The second-order valence-corrected chi connectivity index (χ2v) is 9.10. The van der Waals surface area contributed by atoms with E-state index in [2.05, 4.69) is 5.32 Å². The molecule has 3 aromatic carbocycles. The highest BCUT2D eigenvalue weighted by atomic mass is 16.5. The van der Waals surface area contributed by atoms with Gasteiger partial charge in [0.1, 0.15) is 24.4 Å². The average molecular weight is 485 g/mol. The molecule has 5 rings (SSSR count). The third kappa shape index (κ3) is 4.88. The first-order chi connectivity index (χ1) is 17.5. The number of hydrogen-bond donors (Lipinski definition) is 1. The average Bonchev–Trinajstić information content (AvgIpc) is 3.51. The summed E-state index contributed by atoms with van der Waals surface area (Å²) in [6.07, 6.45) is 0.649. The maximum Gasteiger partial charge on any atom is 0.251 e. The van der Waals surface area contributed by atoms with Crippen LogP contribution in [0.5, 0.6) is 5.75 Å². The largest absolute Gasteiger partial charge is 0.497 e. The minimum absolute atomic E-state index is 0.0301. The van der Waals surface area contributed by atoms with Gasteiger partial charge in [0.25, 0.3) is 5.91 Å². The number of nitrogens with zero attached hydrogens (tertiary/aromatic N) is 1. The number of hydrogen-bond acceptors (Lipinski definition) is 5. The molecule has 184 valence electrons. The number of amides is 2. The van der Waals surface area contributed by atoms with Crippen molar-refractivity contribution < 1.29 is 23.9 Å². The van der Waals surface area contributed by atoms with Gasteiger partial charge in [-0.25, -0.2) is 0 Å². The van der Waals surface area contributed by atoms with E-state index in [4.69, 9.17) is 9.47 Å². The molecule has 3 atom stereocenters. The Morgan fingerprint density at radius 3 is 2.39 bits per heavy atom. The van der Waals surface area contributed by atoms with Crippen molar-refractivity contribution in [1.29, 1.82) is 0 Å². The minimum atomic E-state index is -0.827. The number of ether oxygens (including phenoxy) is 2. The van der Waals surface area contributed by atoms with Gasteiger partial charge in [0.05, 0.1) is 13.2 Å². The lowest BCUT2D eigenvalue weighted by Gasteiger charge is -2.27. The van der Waals surface area contributed by atoms with Gasteiger partial charge >= 0.3 is 0 Å². The summed E-state index contributed by atoms with van der Waals surface area (Å²) in [5, 5.41) is 2.93. The molecule has 0 aliphatic carbocycles. The van der Waals surface area contributed by atoms with Crippen molar-refractivity contribution in [3.63, 3.8) is 0 Å². The molecule has 0 saturated carbocycles. The van der Waals surface area contributed by atoms with Crippen molar-refractivity contribution in [3.05, 3.63) is 90.0 Å². The van der Waals surface area contributed by atoms with Crippen LogP contribution in [-0.2, 0) is 20.7 Å². The fraction of sp³-hybridized carbons (Fsp3) is 0.276. The summed E-state index contributed by atoms with van der Waals surface area (Å²) in [5.74, 6) is 0.00905. The van der Waals surface area contributed by atoms with Gasteiger partial charge in [0, 0.05) is 18.5 Å². The van der Waals surface area contributed by atoms with Crippen molar-refractivity contribution in [2.45, 2.75) is 31.0 Å². The number of benzene rings is 3. The van der Waals surface area contributed by atoms with E-state index in [1.165, 1.54) is 0 Å². The van der Waals surface area contributed by atoms with Crippen LogP contribution < -0.4 is 10.1 Å². The van der Waals surface area contributed by atoms with Crippen LogP contribution in [0.25, 0.3) is 11.1 Å². The number of methoxy groups -OCH3 is 1. The lowest BCUT2D eigenvalue weighted by atomic mass is 10.0. The Morgan fingerprint density at radius 2 is 1.69 bits per heavy atom. The van der Waals surface area contributed by atoms with E-state index in [0.29, 0.717) is 30.7 Å². The Bertz CT molecular complexity index is 1240. The van der Waals surface area contributed by atoms with Crippen LogP contribution >= 0.6 is 0 Å². The van der Waals surface area contributed by atoms with Crippen molar-refractivity contribution >= 4 is 17.6 Å². The highest BCUT2D eigenvalue weighted by Crippen LogP contribution is 2.28. The number of ketones is 1.